The van der Waals surface area contributed by atoms with Gasteiger partial charge in [-0.3, -0.25) is 4.98 Å². The fraction of sp³-hybridized carbons (Fsp3) is 0.353. The summed E-state index contributed by atoms with van der Waals surface area (Å²) >= 11 is 0. The van der Waals surface area contributed by atoms with Crippen LogP contribution in [0, 0.1) is 13.8 Å². The molecule has 0 radical (unpaired) electrons. The second kappa shape index (κ2) is 7.09. The number of methoxy groups -OCH3 is 1. The van der Waals surface area contributed by atoms with Crippen LogP contribution in [0.5, 0.6) is 11.5 Å². The highest BCUT2D eigenvalue weighted by Gasteiger charge is 2.10. The van der Waals surface area contributed by atoms with Gasteiger partial charge in [-0.1, -0.05) is 12.1 Å². The van der Waals surface area contributed by atoms with Gasteiger partial charge in [-0.2, -0.15) is 0 Å². The molecule has 0 unspecified atom stereocenters. The van der Waals surface area contributed by atoms with Crippen LogP contribution in [0.2, 0.25) is 0 Å². The topological polar surface area (TPSA) is 43.4 Å². The number of aryl methyl sites for hydroxylation is 1. The smallest absolute Gasteiger partial charge is 0.131 e. The highest BCUT2D eigenvalue weighted by molar-refractivity contribution is 5.41. The van der Waals surface area contributed by atoms with Crippen LogP contribution in [0.3, 0.4) is 0 Å². The average molecular weight is 286 g/mol. The van der Waals surface area contributed by atoms with Crippen molar-refractivity contribution in [2.75, 3.05) is 14.2 Å². The predicted molar refractivity (Wildman–Crippen MR) is 83.8 cm³/mol. The van der Waals surface area contributed by atoms with Crippen LogP contribution < -0.4 is 14.8 Å². The van der Waals surface area contributed by atoms with E-state index in [1.165, 1.54) is 5.56 Å². The number of ether oxygens (including phenoxy) is 2. The molecule has 2 rings (SSSR count). The Hall–Kier alpha value is -2.07. The molecule has 0 atom stereocenters. The summed E-state index contributed by atoms with van der Waals surface area (Å²) in [6.45, 7) is 5.26. The zero-order chi connectivity index (χ0) is 15.2. The molecule has 0 saturated heterocycles. The Morgan fingerprint density at radius 3 is 2.76 bits per heavy atom. The largest absolute Gasteiger partial charge is 0.496 e. The molecule has 2 aromatic rings. The molecule has 0 aliphatic carbocycles. The predicted octanol–water partition coefficient (Wildman–Crippen LogP) is 3.01. The third-order valence-corrected chi connectivity index (χ3v) is 3.40. The second-order valence-corrected chi connectivity index (χ2v) is 5.01. The lowest BCUT2D eigenvalue weighted by atomic mass is 10.1. The van der Waals surface area contributed by atoms with Crippen LogP contribution in [-0.2, 0) is 13.2 Å². The van der Waals surface area contributed by atoms with E-state index in [1.807, 2.05) is 45.3 Å². The molecule has 0 aliphatic heterocycles. The Balaban J connectivity index is 2.11. The molecule has 4 heteroatoms. The molecular weight excluding hydrogens is 264 g/mol. The van der Waals surface area contributed by atoms with Gasteiger partial charge in [0.1, 0.15) is 18.1 Å². The third-order valence-electron chi connectivity index (χ3n) is 3.40. The van der Waals surface area contributed by atoms with Gasteiger partial charge in [-0.25, -0.2) is 0 Å². The van der Waals surface area contributed by atoms with Crippen molar-refractivity contribution in [1.29, 1.82) is 0 Å². The first-order chi connectivity index (χ1) is 10.2. The van der Waals surface area contributed by atoms with Gasteiger partial charge in [0.25, 0.3) is 0 Å². The van der Waals surface area contributed by atoms with Crippen LogP contribution >= 0.6 is 0 Å². The molecular formula is C17H22N2O2. The van der Waals surface area contributed by atoms with Gasteiger partial charge in [0.2, 0.25) is 0 Å². The monoisotopic (exact) mass is 286 g/mol. The third kappa shape index (κ3) is 3.73. The van der Waals surface area contributed by atoms with Crippen LogP contribution in [0.15, 0.2) is 30.5 Å². The summed E-state index contributed by atoms with van der Waals surface area (Å²) in [7, 11) is 3.61. The van der Waals surface area contributed by atoms with Gasteiger partial charge in [-0.05, 0) is 38.6 Å². The lowest BCUT2D eigenvalue weighted by Crippen LogP contribution is -2.06. The minimum atomic E-state index is 0.436. The van der Waals surface area contributed by atoms with E-state index in [4.69, 9.17) is 9.47 Å². The molecule has 0 amide bonds. The van der Waals surface area contributed by atoms with E-state index in [9.17, 15) is 0 Å². The molecule has 21 heavy (non-hydrogen) atoms. The van der Waals surface area contributed by atoms with E-state index in [0.29, 0.717) is 6.61 Å². The normalized spacial score (nSPS) is 10.5. The number of hydrogen-bond acceptors (Lipinski definition) is 4. The summed E-state index contributed by atoms with van der Waals surface area (Å²) in [6, 6.07) is 8.07. The fourth-order valence-corrected chi connectivity index (χ4v) is 2.32. The number of nitrogens with zero attached hydrogens (tertiary/aromatic N) is 1. The number of pyridine rings is 1. The van der Waals surface area contributed by atoms with Gasteiger partial charge in [-0.15, -0.1) is 0 Å². The summed E-state index contributed by atoms with van der Waals surface area (Å²) in [4.78, 5) is 4.44. The van der Waals surface area contributed by atoms with E-state index >= 15 is 0 Å². The summed E-state index contributed by atoms with van der Waals surface area (Å²) in [5.74, 6) is 1.73. The summed E-state index contributed by atoms with van der Waals surface area (Å²) in [5, 5.41) is 3.13. The highest BCUT2D eigenvalue weighted by atomic mass is 16.5. The van der Waals surface area contributed by atoms with Crippen molar-refractivity contribution in [1.82, 2.24) is 10.3 Å². The number of nitrogens with one attached hydrogen (secondary N) is 1. The Kier molecular flexibility index (Phi) is 5.17. The maximum absolute atomic E-state index is 5.85. The number of hydrogen-bond donors (Lipinski definition) is 1. The van der Waals surface area contributed by atoms with Gasteiger partial charge in [0.05, 0.1) is 12.8 Å². The standard InChI is InChI=1S/C17H22N2O2/c1-12-9-19-16(13(2)17(12)20-4)11-21-15-7-5-6-14(8-15)10-18-3/h5-9,18H,10-11H2,1-4H3. The first-order valence-electron chi connectivity index (χ1n) is 7.01. The zero-order valence-corrected chi connectivity index (χ0v) is 13.1. The van der Waals surface area contributed by atoms with E-state index in [1.54, 1.807) is 7.11 Å². The van der Waals surface area contributed by atoms with E-state index < -0.39 is 0 Å². The zero-order valence-electron chi connectivity index (χ0n) is 13.1. The summed E-state index contributed by atoms with van der Waals surface area (Å²) in [6.07, 6.45) is 1.82. The van der Waals surface area contributed by atoms with E-state index in [-0.39, 0.29) is 0 Å². The van der Waals surface area contributed by atoms with Crippen molar-refractivity contribution in [2.45, 2.75) is 27.0 Å². The van der Waals surface area contributed by atoms with E-state index in [2.05, 4.69) is 16.4 Å². The summed E-state index contributed by atoms with van der Waals surface area (Å²) in [5.41, 5.74) is 4.16. The Bertz CT molecular complexity index is 612. The fourth-order valence-electron chi connectivity index (χ4n) is 2.32. The molecule has 1 aromatic carbocycles. The minimum Gasteiger partial charge on any atom is -0.496 e. The van der Waals surface area contributed by atoms with Crippen molar-refractivity contribution in [2.24, 2.45) is 0 Å². The molecule has 0 saturated carbocycles. The first kappa shape index (κ1) is 15.3. The average Bonchev–Trinajstić information content (AvgIpc) is 2.48. The van der Waals surface area contributed by atoms with Crippen LogP contribution in [0.25, 0.3) is 0 Å². The molecule has 4 nitrogen and oxygen atoms in total. The molecule has 0 fully saturated rings. The Morgan fingerprint density at radius 1 is 1.24 bits per heavy atom. The lowest BCUT2D eigenvalue weighted by Gasteiger charge is -2.13. The Morgan fingerprint density at radius 2 is 2.05 bits per heavy atom. The maximum atomic E-state index is 5.85. The van der Waals surface area contributed by atoms with Crippen molar-refractivity contribution >= 4 is 0 Å². The minimum absolute atomic E-state index is 0.436. The number of aromatic nitrogens is 1. The molecule has 1 N–H and O–H groups in total. The number of benzene rings is 1. The molecule has 0 aliphatic rings. The van der Waals surface area contributed by atoms with Gasteiger partial charge in [0, 0.05) is 23.9 Å². The first-order valence-corrected chi connectivity index (χ1v) is 7.01. The van der Waals surface area contributed by atoms with Crippen LogP contribution in [0.4, 0.5) is 0 Å². The molecule has 112 valence electrons. The second-order valence-electron chi connectivity index (χ2n) is 5.01. The number of rotatable bonds is 6. The van der Waals surface area contributed by atoms with Crippen molar-refractivity contribution in [3.8, 4) is 11.5 Å². The summed E-state index contributed by atoms with van der Waals surface area (Å²) < 4.78 is 11.3. The van der Waals surface area contributed by atoms with Crippen LogP contribution in [-0.4, -0.2) is 19.1 Å². The SMILES string of the molecule is CNCc1cccc(OCc2ncc(C)c(OC)c2C)c1. The quantitative estimate of drug-likeness (QED) is 0.886. The van der Waals surface area contributed by atoms with Crippen molar-refractivity contribution in [3.05, 3.63) is 52.8 Å². The molecule has 0 bridgehead atoms. The van der Waals surface area contributed by atoms with Crippen LogP contribution in [0.1, 0.15) is 22.4 Å². The molecule has 1 aromatic heterocycles. The highest BCUT2D eigenvalue weighted by Crippen LogP contribution is 2.25. The van der Waals surface area contributed by atoms with Gasteiger partial charge in [0.15, 0.2) is 0 Å². The maximum Gasteiger partial charge on any atom is 0.131 e. The van der Waals surface area contributed by atoms with Crippen molar-refractivity contribution < 1.29 is 9.47 Å². The molecule has 0 spiro atoms. The van der Waals surface area contributed by atoms with Gasteiger partial charge >= 0.3 is 0 Å². The van der Waals surface area contributed by atoms with Crippen molar-refractivity contribution in [3.63, 3.8) is 0 Å². The Labute approximate surface area is 126 Å². The van der Waals surface area contributed by atoms with Gasteiger partial charge < -0.3 is 14.8 Å². The van der Waals surface area contributed by atoms with E-state index in [0.717, 1.165) is 34.9 Å². The molecule has 1 heterocycles. The lowest BCUT2D eigenvalue weighted by molar-refractivity contribution is 0.298.